The first kappa shape index (κ1) is 28.6. The molecule has 1 aromatic rings. The van der Waals surface area contributed by atoms with Gasteiger partial charge in [-0.3, -0.25) is 14.5 Å². The van der Waals surface area contributed by atoms with Gasteiger partial charge in [0.15, 0.2) is 0 Å². The number of aryl methyl sites for hydroxylation is 1. The molecule has 0 spiro atoms. The number of likely N-dealkylation sites (tertiary alicyclic amines) is 1. The van der Waals surface area contributed by atoms with E-state index in [1.54, 1.807) is 0 Å². The number of rotatable bonds is 7. The average Bonchev–Trinajstić information content (AvgIpc) is 3.28. The summed E-state index contributed by atoms with van der Waals surface area (Å²) in [6, 6.07) is 8.16. The molecule has 2 aliphatic heterocycles. The Morgan fingerprint density at radius 2 is 1.83 bits per heavy atom. The van der Waals surface area contributed by atoms with Gasteiger partial charge < -0.3 is 20.2 Å². The molecule has 8 nitrogen and oxygen atoms in total. The van der Waals surface area contributed by atoms with Gasteiger partial charge >= 0.3 is 12.1 Å². The zero-order valence-electron chi connectivity index (χ0n) is 20.3. The molecular weight excluding hydrogens is 465 g/mol. The van der Waals surface area contributed by atoms with E-state index >= 15 is 0 Å². The van der Waals surface area contributed by atoms with Crippen LogP contribution >= 0.6 is 0 Å². The van der Waals surface area contributed by atoms with Crippen LogP contribution < -0.4 is 5.32 Å². The third-order valence-corrected chi connectivity index (χ3v) is 6.20. The van der Waals surface area contributed by atoms with Crippen molar-refractivity contribution in [1.82, 2.24) is 20.0 Å². The zero-order valence-corrected chi connectivity index (χ0v) is 20.3. The Balaban J connectivity index is 0.000000540. The lowest BCUT2D eigenvalue weighted by Crippen LogP contribution is -2.48. The van der Waals surface area contributed by atoms with Gasteiger partial charge in [0, 0.05) is 57.3 Å². The summed E-state index contributed by atoms with van der Waals surface area (Å²) in [7, 11) is 0. The van der Waals surface area contributed by atoms with Crippen LogP contribution in [0, 0.1) is 6.92 Å². The molecule has 1 aromatic carbocycles. The van der Waals surface area contributed by atoms with Crippen molar-refractivity contribution in [3.63, 3.8) is 0 Å². The molecule has 3 rings (SSSR count). The highest BCUT2D eigenvalue weighted by Gasteiger charge is 2.38. The second kappa shape index (κ2) is 13.4. The van der Waals surface area contributed by atoms with Crippen LogP contribution in [0.4, 0.5) is 13.2 Å². The standard InChI is InChI=1S/C22H34N4O2.C2HF3O2/c1-3-24-12-5-8-20(24)17-26(22(28)19-7-4-6-18(2)16-19)13-9-21(27)25-14-10-23-11-15-25;3-2(4,5)1(6)7/h4,6-7,16,20,23H,3,5,8-15,17H2,1-2H3;(H,6,7). The Labute approximate surface area is 204 Å². The summed E-state index contributed by atoms with van der Waals surface area (Å²) in [5, 5.41) is 10.4. The SMILES string of the molecule is CCN1CCCC1CN(CCC(=O)N1CCNCC1)C(=O)c1cccc(C)c1.O=C(O)C(F)(F)F. The predicted octanol–water partition coefficient (Wildman–Crippen LogP) is 2.38. The van der Waals surface area contributed by atoms with Crippen molar-refractivity contribution in [1.29, 1.82) is 0 Å². The monoisotopic (exact) mass is 500 g/mol. The number of carboxylic acids is 1. The second-order valence-corrected chi connectivity index (χ2v) is 8.73. The number of nitrogens with zero attached hydrogens (tertiary/aromatic N) is 3. The van der Waals surface area contributed by atoms with E-state index in [-0.39, 0.29) is 11.8 Å². The van der Waals surface area contributed by atoms with E-state index in [1.165, 1.54) is 6.42 Å². The fourth-order valence-electron chi connectivity index (χ4n) is 4.31. The Morgan fingerprint density at radius 1 is 1.17 bits per heavy atom. The van der Waals surface area contributed by atoms with Crippen molar-refractivity contribution in [3.8, 4) is 0 Å². The molecule has 2 amide bonds. The molecule has 2 aliphatic rings. The van der Waals surface area contributed by atoms with E-state index in [0.29, 0.717) is 25.6 Å². The van der Waals surface area contributed by atoms with Crippen LogP contribution in [0.15, 0.2) is 24.3 Å². The van der Waals surface area contributed by atoms with Crippen molar-refractivity contribution < 1.29 is 32.7 Å². The minimum absolute atomic E-state index is 0.0414. The quantitative estimate of drug-likeness (QED) is 0.597. The zero-order chi connectivity index (χ0) is 26.0. The summed E-state index contributed by atoms with van der Waals surface area (Å²) < 4.78 is 31.7. The third kappa shape index (κ3) is 9.14. The van der Waals surface area contributed by atoms with Gasteiger partial charge in [0.05, 0.1) is 0 Å². The van der Waals surface area contributed by atoms with E-state index in [2.05, 4.69) is 17.1 Å². The molecule has 1 atom stereocenters. The highest BCUT2D eigenvalue weighted by Crippen LogP contribution is 2.19. The number of piperazine rings is 1. The van der Waals surface area contributed by atoms with Crippen LogP contribution in [0.2, 0.25) is 0 Å². The molecule has 11 heteroatoms. The minimum Gasteiger partial charge on any atom is -0.475 e. The van der Waals surface area contributed by atoms with Crippen LogP contribution in [0.5, 0.6) is 0 Å². The Bertz CT molecular complexity index is 859. The van der Waals surface area contributed by atoms with Crippen molar-refractivity contribution >= 4 is 17.8 Å². The number of hydrogen-bond acceptors (Lipinski definition) is 5. The number of alkyl halides is 3. The lowest BCUT2D eigenvalue weighted by atomic mass is 10.1. The number of benzene rings is 1. The Kier molecular flexibility index (Phi) is 11.0. The lowest BCUT2D eigenvalue weighted by Gasteiger charge is -2.32. The molecule has 0 radical (unpaired) electrons. The van der Waals surface area contributed by atoms with Gasteiger partial charge in [0.1, 0.15) is 0 Å². The second-order valence-electron chi connectivity index (χ2n) is 8.73. The molecule has 0 saturated carbocycles. The van der Waals surface area contributed by atoms with E-state index in [9.17, 15) is 22.8 Å². The molecule has 0 aliphatic carbocycles. The van der Waals surface area contributed by atoms with E-state index in [4.69, 9.17) is 9.90 Å². The summed E-state index contributed by atoms with van der Waals surface area (Å²) in [5.74, 6) is -2.56. The van der Waals surface area contributed by atoms with Crippen molar-refractivity contribution in [2.45, 2.75) is 45.3 Å². The summed E-state index contributed by atoms with van der Waals surface area (Å²) >= 11 is 0. The highest BCUT2D eigenvalue weighted by atomic mass is 19.4. The van der Waals surface area contributed by atoms with Gasteiger partial charge in [-0.2, -0.15) is 13.2 Å². The van der Waals surface area contributed by atoms with Gasteiger partial charge in [-0.1, -0.05) is 24.6 Å². The highest BCUT2D eigenvalue weighted by molar-refractivity contribution is 5.94. The molecule has 0 aromatic heterocycles. The van der Waals surface area contributed by atoms with E-state index < -0.39 is 12.1 Å². The molecule has 1 unspecified atom stereocenters. The first-order chi connectivity index (χ1) is 16.5. The summed E-state index contributed by atoms with van der Waals surface area (Å²) in [6.07, 6.45) is -2.38. The number of carbonyl (C=O) groups is 3. The molecule has 196 valence electrons. The fraction of sp³-hybridized carbons (Fsp3) is 0.625. The predicted molar refractivity (Wildman–Crippen MR) is 125 cm³/mol. The molecule has 0 bridgehead atoms. The summed E-state index contributed by atoms with van der Waals surface area (Å²) in [6.45, 7) is 10.7. The van der Waals surface area contributed by atoms with Crippen molar-refractivity contribution in [3.05, 3.63) is 35.4 Å². The number of aliphatic carboxylic acids is 1. The van der Waals surface area contributed by atoms with Crippen LogP contribution in [0.1, 0.15) is 42.1 Å². The molecule has 35 heavy (non-hydrogen) atoms. The van der Waals surface area contributed by atoms with Crippen LogP contribution in [-0.2, 0) is 9.59 Å². The maximum Gasteiger partial charge on any atom is 0.490 e. The van der Waals surface area contributed by atoms with Gasteiger partial charge in [-0.05, 0) is 45.0 Å². The van der Waals surface area contributed by atoms with Gasteiger partial charge in [0.25, 0.3) is 5.91 Å². The summed E-state index contributed by atoms with van der Waals surface area (Å²) in [5.41, 5.74) is 1.80. The van der Waals surface area contributed by atoms with Gasteiger partial charge in [-0.25, -0.2) is 4.79 Å². The van der Waals surface area contributed by atoms with Crippen LogP contribution in [0.3, 0.4) is 0 Å². The van der Waals surface area contributed by atoms with Gasteiger partial charge in [-0.15, -0.1) is 0 Å². The van der Waals surface area contributed by atoms with E-state index in [0.717, 1.165) is 56.8 Å². The average molecular weight is 501 g/mol. The minimum atomic E-state index is -5.08. The first-order valence-corrected chi connectivity index (χ1v) is 11.9. The Hall–Kier alpha value is -2.66. The lowest BCUT2D eigenvalue weighted by molar-refractivity contribution is -0.192. The van der Waals surface area contributed by atoms with Gasteiger partial charge in [0.2, 0.25) is 5.91 Å². The first-order valence-electron chi connectivity index (χ1n) is 11.9. The van der Waals surface area contributed by atoms with Crippen molar-refractivity contribution in [2.24, 2.45) is 0 Å². The maximum absolute atomic E-state index is 13.2. The largest absolute Gasteiger partial charge is 0.490 e. The number of halogens is 3. The fourth-order valence-corrected chi connectivity index (χ4v) is 4.31. The Morgan fingerprint density at radius 3 is 2.40 bits per heavy atom. The smallest absolute Gasteiger partial charge is 0.475 e. The van der Waals surface area contributed by atoms with Crippen molar-refractivity contribution in [2.75, 3.05) is 52.4 Å². The molecule has 2 saturated heterocycles. The maximum atomic E-state index is 13.2. The number of amides is 2. The molecule has 2 N–H and O–H groups in total. The molecule has 2 fully saturated rings. The summed E-state index contributed by atoms with van der Waals surface area (Å²) in [4.78, 5) is 41.0. The molecule has 2 heterocycles. The number of carbonyl (C=O) groups excluding carboxylic acids is 2. The topological polar surface area (TPSA) is 93.2 Å². The number of hydrogen-bond donors (Lipinski definition) is 2. The molecular formula is C24H35F3N4O4. The number of nitrogens with one attached hydrogen (secondary N) is 1. The van der Waals surface area contributed by atoms with Crippen LogP contribution in [-0.4, -0.2) is 102 Å². The third-order valence-electron chi connectivity index (χ3n) is 6.20. The number of likely N-dealkylation sites (N-methyl/N-ethyl adjacent to an activating group) is 1. The van der Waals surface area contributed by atoms with E-state index in [1.807, 2.05) is 41.0 Å². The number of carboxylic acid groups (broad SMARTS) is 1. The van der Waals surface area contributed by atoms with Crippen LogP contribution in [0.25, 0.3) is 0 Å². The normalized spacial score (nSPS) is 18.5.